The Morgan fingerprint density at radius 1 is 1.17 bits per heavy atom. The maximum atomic E-state index is 12.4. The predicted molar refractivity (Wildman–Crippen MR) is 122 cm³/mol. The standard InChI is InChI=1S/C22H29ClN2O4S/c1-16(2)29-20-10-7-18(8-11-20)6-5-13-24-22(26)15-25(30(4,27)28)21-12-9-19(23)14-17(21)3/h7-12,14,16H,5-6,13,15H2,1-4H3,(H,24,26). The molecule has 30 heavy (non-hydrogen) atoms. The Hall–Kier alpha value is -2.25. The van der Waals surface area contributed by atoms with Crippen molar-refractivity contribution in [2.75, 3.05) is 23.7 Å². The third-order valence-electron chi connectivity index (χ3n) is 4.37. The Morgan fingerprint density at radius 2 is 1.83 bits per heavy atom. The number of halogens is 1. The van der Waals surface area contributed by atoms with Crippen LogP contribution in [0.25, 0.3) is 0 Å². The first-order chi connectivity index (χ1) is 14.1. The van der Waals surface area contributed by atoms with Crippen LogP contribution < -0.4 is 14.4 Å². The van der Waals surface area contributed by atoms with Crippen molar-refractivity contribution in [3.05, 3.63) is 58.6 Å². The molecule has 164 valence electrons. The molecule has 2 rings (SSSR count). The van der Waals surface area contributed by atoms with Gasteiger partial charge in [-0.3, -0.25) is 9.10 Å². The van der Waals surface area contributed by atoms with Crippen LogP contribution in [0.2, 0.25) is 5.02 Å². The highest BCUT2D eigenvalue weighted by molar-refractivity contribution is 7.92. The summed E-state index contributed by atoms with van der Waals surface area (Å²) in [6.45, 7) is 5.91. The van der Waals surface area contributed by atoms with Gasteiger partial charge in [-0.25, -0.2) is 8.42 Å². The molecule has 1 amide bonds. The molecular formula is C22H29ClN2O4S. The number of aryl methyl sites for hydroxylation is 2. The highest BCUT2D eigenvalue weighted by Crippen LogP contribution is 2.25. The lowest BCUT2D eigenvalue weighted by Gasteiger charge is -2.23. The minimum Gasteiger partial charge on any atom is -0.491 e. The molecular weight excluding hydrogens is 424 g/mol. The molecule has 0 bridgehead atoms. The minimum atomic E-state index is -3.62. The van der Waals surface area contributed by atoms with Crippen molar-refractivity contribution >= 4 is 33.2 Å². The van der Waals surface area contributed by atoms with Crippen molar-refractivity contribution < 1.29 is 17.9 Å². The van der Waals surface area contributed by atoms with Gasteiger partial charge in [0.2, 0.25) is 15.9 Å². The second-order valence-corrected chi connectivity index (χ2v) is 9.81. The van der Waals surface area contributed by atoms with Gasteiger partial charge in [-0.1, -0.05) is 23.7 Å². The van der Waals surface area contributed by atoms with Crippen LogP contribution in [-0.4, -0.2) is 39.8 Å². The summed E-state index contributed by atoms with van der Waals surface area (Å²) < 4.78 is 31.2. The van der Waals surface area contributed by atoms with E-state index >= 15 is 0 Å². The van der Waals surface area contributed by atoms with Gasteiger partial charge in [-0.2, -0.15) is 0 Å². The number of hydrogen-bond donors (Lipinski definition) is 1. The first-order valence-electron chi connectivity index (χ1n) is 9.82. The summed E-state index contributed by atoms with van der Waals surface area (Å²) in [4.78, 5) is 12.4. The second kappa shape index (κ2) is 10.7. The number of hydrogen-bond acceptors (Lipinski definition) is 4. The normalized spacial score (nSPS) is 11.4. The zero-order valence-electron chi connectivity index (χ0n) is 17.8. The first kappa shape index (κ1) is 24.0. The number of nitrogens with one attached hydrogen (secondary N) is 1. The highest BCUT2D eigenvalue weighted by Gasteiger charge is 2.22. The number of sulfonamides is 1. The number of carbonyl (C=O) groups is 1. The second-order valence-electron chi connectivity index (χ2n) is 7.46. The summed E-state index contributed by atoms with van der Waals surface area (Å²) >= 11 is 5.95. The van der Waals surface area contributed by atoms with Gasteiger partial charge in [0.25, 0.3) is 0 Å². The van der Waals surface area contributed by atoms with E-state index in [2.05, 4.69) is 5.32 Å². The van der Waals surface area contributed by atoms with Crippen molar-refractivity contribution in [1.29, 1.82) is 0 Å². The number of nitrogens with zero attached hydrogens (tertiary/aromatic N) is 1. The van der Waals surface area contributed by atoms with Crippen LogP contribution in [0.15, 0.2) is 42.5 Å². The van der Waals surface area contributed by atoms with E-state index in [4.69, 9.17) is 16.3 Å². The number of benzene rings is 2. The Balaban J connectivity index is 1.87. The van der Waals surface area contributed by atoms with Gasteiger partial charge in [-0.15, -0.1) is 0 Å². The molecule has 6 nitrogen and oxygen atoms in total. The molecule has 0 saturated carbocycles. The van der Waals surface area contributed by atoms with Crippen LogP contribution in [0.5, 0.6) is 5.75 Å². The Labute approximate surface area is 184 Å². The Kier molecular flexibility index (Phi) is 8.55. The largest absolute Gasteiger partial charge is 0.491 e. The molecule has 8 heteroatoms. The average molecular weight is 453 g/mol. The molecule has 0 fully saturated rings. The van der Waals surface area contributed by atoms with E-state index < -0.39 is 10.0 Å². The van der Waals surface area contributed by atoms with Gasteiger partial charge in [0.1, 0.15) is 12.3 Å². The van der Waals surface area contributed by atoms with E-state index in [1.165, 1.54) is 0 Å². The van der Waals surface area contributed by atoms with Gasteiger partial charge in [-0.05, 0) is 75.1 Å². The summed E-state index contributed by atoms with van der Waals surface area (Å²) in [5.74, 6) is 0.482. The van der Waals surface area contributed by atoms with Crippen molar-refractivity contribution in [3.63, 3.8) is 0 Å². The van der Waals surface area contributed by atoms with Gasteiger partial charge >= 0.3 is 0 Å². The van der Waals surface area contributed by atoms with E-state index in [-0.39, 0.29) is 18.6 Å². The van der Waals surface area contributed by atoms with E-state index in [0.29, 0.717) is 22.8 Å². The molecule has 0 aliphatic carbocycles. The summed E-state index contributed by atoms with van der Waals surface area (Å²) in [7, 11) is -3.62. The molecule has 0 atom stereocenters. The van der Waals surface area contributed by atoms with E-state index in [0.717, 1.165) is 34.7 Å². The van der Waals surface area contributed by atoms with Crippen LogP contribution in [-0.2, 0) is 21.2 Å². The van der Waals surface area contributed by atoms with E-state index in [9.17, 15) is 13.2 Å². The van der Waals surface area contributed by atoms with Crippen LogP contribution in [0, 0.1) is 6.92 Å². The molecule has 0 aromatic heterocycles. The SMILES string of the molecule is Cc1cc(Cl)ccc1N(CC(=O)NCCCc1ccc(OC(C)C)cc1)S(C)(=O)=O. The maximum absolute atomic E-state index is 12.4. The van der Waals surface area contributed by atoms with E-state index in [1.807, 2.05) is 38.1 Å². The fourth-order valence-corrected chi connectivity index (χ4v) is 4.13. The lowest BCUT2D eigenvalue weighted by atomic mass is 10.1. The molecule has 0 radical (unpaired) electrons. The number of rotatable bonds is 10. The lowest BCUT2D eigenvalue weighted by molar-refractivity contribution is -0.119. The zero-order valence-corrected chi connectivity index (χ0v) is 19.4. The topological polar surface area (TPSA) is 75.7 Å². The molecule has 2 aromatic carbocycles. The maximum Gasteiger partial charge on any atom is 0.240 e. The molecule has 0 unspecified atom stereocenters. The van der Waals surface area contributed by atoms with Crippen LogP contribution >= 0.6 is 11.6 Å². The molecule has 0 aliphatic rings. The molecule has 0 aliphatic heterocycles. The van der Waals surface area contributed by atoms with Crippen molar-refractivity contribution in [1.82, 2.24) is 5.32 Å². The van der Waals surface area contributed by atoms with Crippen molar-refractivity contribution in [2.24, 2.45) is 0 Å². The Bertz CT molecular complexity index is 960. The summed E-state index contributed by atoms with van der Waals surface area (Å²) in [5, 5.41) is 3.31. The van der Waals surface area contributed by atoms with Crippen LogP contribution in [0.1, 0.15) is 31.4 Å². The summed E-state index contributed by atoms with van der Waals surface area (Å²) in [5.41, 5.74) is 2.28. The predicted octanol–water partition coefficient (Wildman–Crippen LogP) is 3.95. The Morgan fingerprint density at radius 3 is 2.40 bits per heavy atom. The first-order valence-corrected chi connectivity index (χ1v) is 12.0. The average Bonchev–Trinajstić information content (AvgIpc) is 2.64. The van der Waals surface area contributed by atoms with Gasteiger partial charge in [0, 0.05) is 11.6 Å². The lowest BCUT2D eigenvalue weighted by Crippen LogP contribution is -2.41. The highest BCUT2D eigenvalue weighted by atomic mass is 35.5. The molecule has 2 aromatic rings. The van der Waals surface area contributed by atoms with Gasteiger partial charge < -0.3 is 10.1 Å². The summed E-state index contributed by atoms with van der Waals surface area (Å²) in [6, 6.07) is 12.8. The number of carbonyl (C=O) groups excluding carboxylic acids is 1. The quantitative estimate of drug-likeness (QED) is 0.554. The zero-order chi connectivity index (χ0) is 22.3. The fourth-order valence-electron chi connectivity index (χ4n) is 2.99. The van der Waals surface area contributed by atoms with Gasteiger partial charge in [0.05, 0.1) is 18.0 Å². The van der Waals surface area contributed by atoms with Gasteiger partial charge in [0.15, 0.2) is 0 Å². The van der Waals surface area contributed by atoms with Crippen LogP contribution in [0.4, 0.5) is 5.69 Å². The van der Waals surface area contributed by atoms with Crippen molar-refractivity contribution in [3.8, 4) is 5.75 Å². The number of amides is 1. The molecule has 0 heterocycles. The fraction of sp³-hybridized carbons (Fsp3) is 0.409. The molecule has 0 saturated heterocycles. The molecule has 1 N–H and O–H groups in total. The van der Waals surface area contributed by atoms with Crippen molar-refractivity contribution in [2.45, 2.75) is 39.7 Å². The van der Waals surface area contributed by atoms with Crippen LogP contribution in [0.3, 0.4) is 0 Å². The molecule has 0 spiro atoms. The summed E-state index contributed by atoms with van der Waals surface area (Å²) in [6.07, 6.45) is 2.76. The monoisotopic (exact) mass is 452 g/mol. The minimum absolute atomic E-state index is 0.134. The number of ether oxygens (including phenoxy) is 1. The smallest absolute Gasteiger partial charge is 0.240 e. The third-order valence-corrected chi connectivity index (χ3v) is 5.74. The van der Waals surface area contributed by atoms with E-state index in [1.54, 1.807) is 25.1 Å². The third kappa shape index (κ3) is 7.54. The number of anilines is 1.